The van der Waals surface area contributed by atoms with E-state index in [0.717, 1.165) is 48.8 Å². The Morgan fingerprint density at radius 3 is 2.61 bits per heavy atom. The van der Waals surface area contributed by atoms with Crippen molar-refractivity contribution in [3.05, 3.63) is 48.2 Å². The molecule has 38 heavy (non-hydrogen) atoms. The largest absolute Gasteiger partial charge is 0.495 e. The van der Waals surface area contributed by atoms with Crippen LogP contribution < -0.4 is 20.7 Å². The standard InChI is InChI=1S/C28H32F2N4O3S/c1-37-27-16-22(38(2,35)36)8-9-25(27)32-12-4-5-21-15-23-24(33-20-10-13-31-14-11-20)6-3-7-26(23)34(21)18-19-17-28(19,29)30/h3,6-9,15-16,19-20,31-33H,10-14,17-18H2,1-2H3. The number of hydrogen-bond donors (Lipinski definition) is 3. The highest BCUT2D eigenvalue weighted by atomic mass is 32.2. The van der Waals surface area contributed by atoms with E-state index in [1.165, 1.54) is 19.2 Å². The van der Waals surface area contributed by atoms with Crippen LogP contribution in [-0.4, -0.2) is 57.9 Å². The van der Waals surface area contributed by atoms with E-state index in [-0.39, 0.29) is 24.4 Å². The van der Waals surface area contributed by atoms with Crippen LogP contribution in [0.1, 0.15) is 25.0 Å². The highest BCUT2D eigenvalue weighted by Gasteiger charge is 2.56. The average molecular weight is 543 g/mol. The van der Waals surface area contributed by atoms with Gasteiger partial charge in [0.1, 0.15) is 5.75 Å². The van der Waals surface area contributed by atoms with Gasteiger partial charge in [0.15, 0.2) is 9.84 Å². The van der Waals surface area contributed by atoms with Crippen LogP contribution >= 0.6 is 0 Å². The van der Waals surface area contributed by atoms with Gasteiger partial charge in [-0.1, -0.05) is 12.0 Å². The van der Waals surface area contributed by atoms with Gasteiger partial charge in [0.2, 0.25) is 0 Å². The second kappa shape index (κ2) is 10.5. The summed E-state index contributed by atoms with van der Waals surface area (Å²) >= 11 is 0. The highest BCUT2D eigenvalue weighted by Crippen LogP contribution is 2.50. The number of benzene rings is 2. The molecule has 7 nitrogen and oxygen atoms in total. The summed E-state index contributed by atoms with van der Waals surface area (Å²) in [4.78, 5) is 0.168. The first kappa shape index (κ1) is 26.3. The number of methoxy groups -OCH3 is 1. The SMILES string of the molecule is COc1cc(S(C)(=O)=O)ccc1NCC#Cc1cc2c(NC3CCNCC3)cccc2n1CC1CC1(F)F. The topological polar surface area (TPSA) is 84.4 Å². The second-order valence-corrected chi connectivity index (χ2v) is 12.0. The minimum atomic E-state index is -3.36. The fourth-order valence-electron chi connectivity index (χ4n) is 4.91. The van der Waals surface area contributed by atoms with Crippen LogP contribution in [0.25, 0.3) is 10.9 Å². The number of ether oxygens (including phenoxy) is 1. The Kier molecular flexibility index (Phi) is 7.25. The van der Waals surface area contributed by atoms with E-state index in [9.17, 15) is 17.2 Å². The fraction of sp³-hybridized carbons (Fsp3) is 0.429. The fourth-order valence-corrected chi connectivity index (χ4v) is 5.54. The van der Waals surface area contributed by atoms with Gasteiger partial charge in [0, 0.05) is 48.3 Å². The summed E-state index contributed by atoms with van der Waals surface area (Å²) in [6.45, 7) is 2.41. The minimum Gasteiger partial charge on any atom is -0.495 e. The maximum Gasteiger partial charge on any atom is 0.253 e. The number of piperidine rings is 1. The molecule has 1 aliphatic heterocycles. The first-order valence-corrected chi connectivity index (χ1v) is 14.6. The molecule has 2 aromatic carbocycles. The van der Waals surface area contributed by atoms with Crippen LogP contribution in [0.3, 0.4) is 0 Å². The Bertz CT molecular complexity index is 1500. The average Bonchev–Trinajstić information content (AvgIpc) is 3.34. The van der Waals surface area contributed by atoms with Crippen LogP contribution in [0.2, 0.25) is 0 Å². The zero-order valence-corrected chi connectivity index (χ0v) is 22.3. The van der Waals surface area contributed by atoms with Gasteiger partial charge in [0.25, 0.3) is 5.92 Å². The molecule has 1 unspecified atom stereocenters. The molecule has 2 heterocycles. The molecule has 0 spiro atoms. The molecule has 1 saturated carbocycles. The van der Waals surface area contributed by atoms with Crippen molar-refractivity contribution in [2.24, 2.45) is 5.92 Å². The van der Waals surface area contributed by atoms with Crippen LogP contribution in [0, 0.1) is 17.8 Å². The molecule has 202 valence electrons. The molecule has 10 heteroatoms. The lowest BCUT2D eigenvalue weighted by molar-refractivity contribution is 0.0953. The maximum atomic E-state index is 13.8. The third-order valence-electron chi connectivity index (χ3n) is 7.19. The molecule has 2 aliphatic rings. The summed E-state index contributed by atoms with van der Waals surface area (Å²) in [5.41, 5.74) is 3.18. The molecule has 5 rings (SSSR count). The Hall–Kier alpha value is -3.29. The number of nitrogens with zero attached hydrogens (tertiary/aromatic N) is 1. The molecular formula is C28H32F2N4O3S. The smallest absolute Gasteiger partial charge is 0.253 e. The van der Waals surface area contributed by atoms with E-state index >= 15 is 0 Å². The van der Waals surface area contributed by atoms with Gasteiger partial charge in [-0.2, -0.15) is 0 Å². The quantitative estimate of drug-likeness (QED) is 0.368. The molecule has 1 aliphatic carbocycles. The molecule has 0 amide bonds. The Labute approximate surface area is 221 Å². The van der Waals surface area contributed by atoms with Crippen LogP contribution in [0.4, 0.5) is 20.2 Å². The van der Waals surface area contributed by atoms with Crippen molar-refractivity contribution in [3.8, 4) is 17.6 Å². The number of halogens is 2. The zero-order chi connectivity index (χ0) is 26.9. The van der Waals surface area contributed by atoms with E-state index in [0.29, 0.717) is 23.2 Å². The third-order valence-corrected chi connectivity index (χ3v) is 8.30. The van der Waals surface area contributed by atoms with Gasteiger partial charge in [0.05, 0.1) is 35.4 Å². The van der Waals surface area contributed by atoms with E-state index in [4.69, 9.17) is 4.74 Å². The predicted molar refractivity (Wildman–Crippen MR) is 146 cm³/mol. The van der Waals surface area contributed by atoms with Gasteiger partial charge in [-0.05, 0) is 62.2 Å². The Morgan fingerprint density at radius 2 is 1.92 bits per heavy atom. The van der Waals surface area contributed by atoms with Crippen LogP contribution in [0.5, 0.6) is 5.75 Å². The molecule has 0 radical (unpaired) electrons. The van der Waals surface area contributed by atoms with E-state index < -0.39 is 21.7 Å². The number of rotatable bonds is 8. The molecule has 0 bridgehead atoms. The maximum absolute atomic E-state index is 13.8. The van der Waals surface area contributed by atoms with Gasteiger partial charge in [-0.15, -0.1) is 0 Å². The Balaban J connectivity index is 1.40. The lowest BCUT2D eigenvalue weighted by atomic mass is 10.1. The lowest BCUT2D eigenvalue weighted by Crippen LogP contribution is -2.35. The summed E-state index contributed by atoms with van der Waals surface area (Å²) in [5, 5.41) is 11.2. The lowest BCUT2D eigenvalue weighted by Gasteiger charge is -2.25. The van der Waals surface area contributed by atoms with Crippen molar-refractivity contribution in [2.45, 2.75) is 42.7 Å². The molecule has 1 saturated heterocycles. The Morgan fingerprint density at radius 1 is 1.16 bits per heavy atom. The summed E-state index contributed by atoms with van der Waals surface area (Å²) in [5.74, 6) is 3.35. The normalized spacial score (nSPS) is 19.0. The first-order chi connectivity index (χ1) is 18.2. The van der Waals surface area contributed by atoms with Gasteiger partial charge < -0.3 is 25.3 Å². The number of sulfone groups is 1. The molecule has 1 atom stereocenters. The summed E-state index contributed by atoms with van der Waals surface area (Å²) in [7, 11) is -1.89. The van der Waals surface area contributed by atoms with E-state index in [1.54, 1.807) is 6.07 Å². The molecule has 2 fully saturated rings. The molecule has 3 N–H and O–H groups in total. The van der Waals surface area contributed by atoms with Crippen molar-refractivity contribution < 1.29 is 21.9 Å². The third kappa shape index (κ3) is 5.74. The summed E-state index contributed by atoms with van der Waals surface area (Å²) in [6.07, 6.45) is 3.10. The zero-order valence-electron chi connectivity index (χ0n) is 21.5. The number of anilines is 2. The van der Waals surface area contributed by atoms with E-state index in [2.05, 4.69) is 27.8 Å². The first-order valence-electron chi connectivity index (χ1n) is 12.7. The predicted octanol–water partition coefficient (Wildman–Crippen LogP) is 4.34. The van der Waals surface area contributed by atoms with Gasteiger partial charge in [-0.3, -0.25) is 0 Å². The second-order valence-electron chi connectivity index (χ2n) is 10.00. The van der Waals surface area contributed by atoms with E-state index in [1.807, 2.05) is 28.8 Å². The number of hydrogen-bond acceptors (Lipinski definition) is 6. The van der Waals surface area contributed by atoms with Gasteiger partial charge >= 0.3 is 0 Å². The summed E-state index contributed by atoms with van der Waals surface area (Å²) < 4.78 is 58.6. The monoisotopic (exact) mass is 542 g/mol. The number of alkyl halides is 2. The van der Waals surface area contributed by atoms with Crippen molar-refractivity contribution in [2.75, 3.05) is 43.6 Å². The number of fused-ring (bicyclic) bond motifs is 1. The van der Waals surface area contributed by atoms with Gasteiger partial charge in [-0.25, -0.2) is 17.2 Å². The molecule has 1 aromatic heterocycles. The van der Waals surface area contributed by atoms with Crippen molar-refractivity contribution in [3.63, 3.8) is 0 Å². The van der Waals surface area contributed by atoms with Crippen molar-refractivity contribution >= 4 is 32.1 Å². The molecular weight excluding hydrogens is 510 g/mol. The van der Waals surface area contributed by atoms with Crippen LogP contribution in [-0.2, 0) is 16.4 Å². The van der Waals surface area contributed by atoms with Crippen molar-refractivity contribution in [1.82, 2.24) is 9.88 Å². The number of nitrogens with one attached hydrogen (secondary N) is 3. The van der Waals surface area contributed by atoms with Crippen LogP contribution in [0.15, 0.2) is 47.4 Å². The highest BCUT2D eigenvalue weighted by molar-refractivity contribution is 7.90. The minimum absolute atomic E-state index is 0.0998. The molecule has 3 aromatic rings. The number of aromatic nitrogens is 1. The van der Waals surface area contributed by atoms with Crippen molar-refractivity contribution in [1.29, 1.82) is 0 Å². The summed E-state index contributed by atoms with van der Waals surface area (Å²) in [6, 6.07) is 12.9.